The molecule has 2 rings (SSSR count). The van der Waals surface area contributed by atoms with Gasteiger partial charge in [-0.2, -0.15) is 0 Å². The summed E-state index contributed by atoms with van der Waals surface area (Å²) in [4.78, 5) is 19.4. The van der Waals surface area contributed by atoms with E-state index in [1.807, 2.05) is 25.1 Å². The van der Waals surface area contributed by atoms with Gasteiger partial charge in [-0.1, -0.05) is 12.1 Å². The summed E-state index contributed by atoms with van der Waals surface area (Å²) in [5.74, 6) is 0.689. The Bertz CT molecular complexity index is 609. The third-order valence-corrected chi connectivity index (χ3v) is 3.25. The lowest BCUT2D eigenvalue weighted by molar-refractivity contribution is -0.121. The van der Waals surface area contributed by atoms with Crippen LogP contribution in [-0.4, -0.2) is 47.3 Å². The van der Waals surface area contributed by atoms with Crippen molar-refractivity contribution in [3.63, 3.8) is 0 Å². The van der Waals surface area contributed by atoms with Gasteiger partial charge in [-0.25, -0.2) is 4.98 Å². The molecule has 6 nitrogen and oxygen atoms in total. The van der Waals surface area contributed by atoms with E-state index in [9.17, 15) is 9.90 Å². The number of para-hydroxylation sites is 1. The number of nitrogens with one attached hydrogen (secondary N) is 2. The van der Waals surface area contributed by atoms with Gasteiger partial charge >= 0.3 is 0 Å². The van der Waals surface area contributed by atoms with Crippen LogP contribution >= 0.6 is 0 Å². The van der Waals surface area contributed by atoms with Crippen LogP contribution in [0.15, 0.2) is 18.2 Å². The topological polar surface area (TPSA) is 87.2 Å². The number of aromatic amines is 1. The second kappa shape index (κ2) is 7.19. The molecule has 114 valence electrons. The van der Waals surface area contributed by atoms with Gasteiger partial charge in [-0.05, 0) is 18.6 Å². The molecule has 0 saturated carbocycles. The largest absolute Gasteiger partial charge is 0.389 e. The summed E-state index contributed by atoms with van der Waals surface area (Å²) in [6.07, 6.45) is 0.201. The average molecular weight is 291 g/mol. The molecule has 2 aromatic rings. The van der Waals surface area contributed by atoms with E-state index >= 15 is 0 Å². The zero-order valence-corrected chi connectivity index (χ0v) is 12.3. The summed E-state index contributed by atoms with van der Waals surface area (Å²) in [7, 11) is 1.51. The number of ether oxygens (including phenoxy) is 1. The summed E-state index contributed by atoms with van der Waals surface area (Å²) < 4.78 is 4.79. The first-order chi connectivity index (χ1) is 10.1. The number of aryl methyl sites for hydroxylation is 2. The number of H-pyrrole nitrogens is 1. The third-order valence-electron chi connectivity index (χ3n) is 3.25. The molecule has 1 aromatic carbocycles. The molecule has 21 heavy (non-hydrogen) atoms. The highest BCUT2D eigenvalue weighted by molar-refractivity contribution is 5.79. The van der Waals surface area contributed by atoms with Crippen LogP contribution in [0.1, 0.15) is 17.8 Å². The van der Waals surface area contributed by atoms with E-state index in [4.69, 9.17) is 4.74 Å². The van der Waals surface area contributed by atoms with Crippen molar-refractivity contribution in [1.29, 1.82) is 0 Å². The third kappa shape index (κ3) is 4.27. The van der Waals surface area contributed by atoms with Crippen molar-refractivity contribution in [2.45, 2.75) is 25.9 Å². The van der Waals surface area contributed by atoms with Crippen LogP contribution in [0, 0.1) is 6.92 Å². The lowest BCUT2D eigenvalue weighted by Crippen LogP contribution is -2.34. The maximum absolute atomic E-state index is 11.7. The molecule has 0 aliphatic heterocycles. The van der Waals surface area contributed by atoms with Gasteiger partial charge in [-0.15, -0.1) is 0 Å². The Labute approximate surface area is 123 Å². The van der Waals surface area contributed by atoms with Crippen molar-refractivity contribution in [3.8, 4) is 0 Å². The molecule has 0 bridgehead atoms. The molecule has 0 aliphatic carbocycles. The van der Waals surface area contributed by atoms with Gasteiger partial charge in [0.05, 0.1) is 23.7 Å². The number of aromatic nitrogens is 2. The van der Waals surface area contributed by atoms with Crippen molar-refractivity contribution in [1.82, 2.24) is 15.3 Å². The number of aliphatic hydroxyl groups excluding tert-OH is 1. The molecule has 3 N–H and O–H groups in total. The fourth-order valence-electron chi connectivity index (χ4n) is 2.15. The molecule has 0 spiro atoms. The first-order valence-corrected chi connectivity index (χ1v) is 6.98. The zero-order chi connectivity index (χ0) is 15.2. The van der Waals surface area contributed by atoms with Crippen LogP contribution in [0.3, 0.4) is 0 Å². The van der Waals surface area contributed by atoms with Crippen LogP contribution in [0.25, 0.3) is 11.0 Å². The predicted molar refractivity (Wildman–Crippen MR) is 80.0 cm³/mol. The first kappa shape index (κ1) is 15.5. The minimum absolute atomic E-state index is 0.109. The SMILES string of the molecule is COCC(O)CNC(=O)CCc1nc2c(C)cccc2[nH]1. The van der Waals surface area contributed by atoms with Crippen LogP contribution in [-0.2, 0) is 16.0 Å². The highest BCUT2D eigenvalue weighted by Gasteiger charge is 2.09. The molecule has 0 aliphatic rings. The highest BCUT2D eigenvalue weighted by Crippen LogP contribution is 2.15. The number of rotatable bonds is 7. The Balaban J connectivity index is 1.84. The number of fused-ring (bicyclic) bond motifs is 1. The standard InChI is InChI=1S/C15H21N3O3/c1-10-4-3-5-12-15(10)18-13(17-12)6-7-14(20)16-8-11(19)9-21-2/h3-5,11,19H,6-9H2,1-2H3,(H,16,20)(H,17,18). The molecule has 1 amide bonds. The van der Waals surface area contributed by atoms with E-state index in [1.54, 1.807) is 0 Å². The van der Waals surface area contributed by atoms with E-state index in [2.05, 4.69) is 15.3 Å². The number of aliphatic hydroxyl groups is 1. The van der Waals surface area contributed by atoms with Gasteiger partial charge in [0, 0.05) is 26.5 Å². The molecule has 6 heteroatoms. The highest BCUT2D eigenvalue weighted by atomic mass is 16.5. The van der Waals surface area contributed by atoms with Crippen molar-refractivity contribution < 1.29 is 14.6 Å². The van der Waals surface area contributed by atoms with E-state index < -0.39 is 6.10 Å². The van der Waals surface area contributed by atoms with Crippen molar-refractivity contribution >= 4 is 16.9 Å². The lowest BCUT2D eigenvalue weighted by Gasteiger charge is -2.10. The summed E-state index contributed by atoms with van der Waals surface area (Å²) >= 11 is 0. The number of benzene rings is 1. The van der Waals surface area contributed by atoms with Gasteiger partial charge in [0.1, 0.15) is 5.82 Å². The van der Waals surface area contributed by atoms with Crippen molar-refractivity contribution in [2.75, 3.05) is 20.3 Å². The van der Waals surface area contributed by atoms with Crippen molar-refractivity contribution in [2.24, 2.45) is 0 Å². The molecule has 1 aromatic heterocycles. The van der Waals surface area contributed by atoms with E-state index in [1.165, 1.54) is 7.11 Å². The van der Waals surface area contributed by atoms with Gasteiger partial charge < -0.3 is 20.1 Å². The second-order valence-electron chi connectivity index (χ2n) is 5.07. The van der Waals surface area contributed by atoms with E-state index in [0.717, 1.165) is 22.4 Å². The van der Waals surface area contributed by atoms with E-state index in [-0.39, 0.29) is 19.1 Å². The zero-order valence-electron chi connectivity index (χ0n) is 12.3. The Morgan fingerprint density at radius 3 is 3.05 bits per heavy atom. The molecular weight excluding hydrogens is 270 g/mol. The number of imidazole rings is 1. The number of methoxy groups -OCH3 is 1. The number of hydrogen-bond acceptors (Lipinski definition) is 4. The maximum atomic E-state index is 11.7. The van der Waals surface area contributed by atoms with Crippen LogP contribution in [0.5, 0.6) is 0 Å². The molecule has 1 unspecified atom stereocenters. The maximum Gasteiger partial charge on any atom is 0.220 e. The Morgan fingerprint density at radius 1 is 1.52 bits per heavy atom. The number of amides is 1. The van der Waals surface area contributed by atoms with Crippen LogP contribution < -0.4 is 5.32 Å². The fourth-order valence-corrected chi connectivity index (χ4v) is 2.15. The molecule has 0 fully saturated rings. The summed E-state index contributed by atoms with van der Waals surface area (Å²) in [5, 5.41) is 12.1. The molecule has 1 atom stereocenters. The molecule has 0 saturated heterocycles. The monoisotopic (exact) mass is 291 g/mol. The molecule has 0 radical (unpaired) electrons. The lowest BCUT2D eigenvalue weighted by atomic mass is 10.2. The number of carbonyl (C=O) groups is 1. The second-order valence-corrected chi connectivity index (χ2v) is 5.07. The Hall–Kier alpha value is -1.92. The minimum Gasteiger partial charge on any atom is -0.389 e. The van der Waals surface area contributed by atoms with Crippen molar-refractivity contribution in [3.05, 3.63) is 29.6 Å². The minimum atomic E-state index is -0.673. The molecular formula is C15H21N3O3. The quantitative estimate of drug-likeness (QED) is 0.708. The smallest absolute Gasteiger partial charge is 0.220 e. The average Bonchev–Trinajstić information content (AvgIpc) is 2.88. The van der Waals surface area contributed by atoms with Gasteiger partial charge in [-0.3, -0.25) is 4.79 Å². The molecule has 1 heterocycles. The van der Waals surface area contributed by atoms with Gasteiger partial charge in [0.25, 0.3) is 0 Å². The number of carbonyl (C=O) groups excluding carboxylic acids is 1. The van der Waals surface area contributed by atoms with Crippen LogP contribution in [0.2, 0.25) is 0 Å². The van der Waals surface area contributed by atoms with Crippen LogP contribution in [0.4, 0.5) is 0 Å². The summed E-state index contributed by atoms with van der Waals surface area (Å²) in [6.45, 7) is 2.42. The normalized spacial score (nSPS) is 12.5. The Morgan fingerprint density at radius 2 is 2.33 bits per heavy atom. The summed E-state index contributed by atoms with van der Waals surface area (Å²) in [6, 6.07) is 5.96. The summed E-state index contributed by atoms with van der Waals surface area (Å²) in [5.41, 5.74) is 3.05. The Kier molecular flexibility index (Phi) is 5.30. The van der Waals surface area contributed by atoms with E-state index in [0.29, 0.717) is 12.8 Å². The number of nitrogens with zero attached hydrogens (tertiary/aromatic N) is 1. The van der Waals surface area contributed by atoms with Gasteiger partial charge in [0.15, 0.2) is 0 Å². The predicted octanol–water partition coefficient (Wildman–Crippen LogP) is 0.927. The number of hydrogen-bond donors (Lipinski definition) is 3. The fraction of sp³-hybridized carbons (Fsp3) is 0.467. The first-order valence-electron chi connectivity index (χ1n) is 6.98. The van der Waals surface area contributed by atoms with Gasteiger partial charge in [0.2, 0.25) is 5.91 Å².